The fraction of sp³-hybridized carbons (Fsp3) is 0.100. The van der Waals surface area contributed by atoms with E-state index in [4.69, 9.17) is 0 Å². The second-order valence-electron chi connectivity index (χ2n) is 3.13. The molecule has 0 unspecified atom stereocenters. The van der Waals surface area contributed by atoms with E-state index in [1.807, 2.05) is 0 Å². The van der Waals surface area contributed by atoms with E-state index in [0.29, 0.717) is 20.9 Å². The Morgan fingerprint density at radius 3 is 2.71 bits per heavy atom. The number of pyridine rings is 1. The predicted octanol–water partition coefficient (Wildman–Crippen LogP) is 2.74. The van der Waals surface area contributed by atoms with Crippen LogP contribution in [0.25, 0.3) is 10.8 Å². The van der Waals surface area contributed by atoms with Crippen LogP contribution in [0, 0.1) is 12.7 Å². The van der Waals surface area contributed by atoms with Crippen molar-refractivity contribution < 1.29 is 4.39 Å². The summed E-state index contributed by atoms with van der Waals surface area (Å²) in [5.74, 6) is -0.386. The highest BCUT2D eigenvalue weighted by molar-refractivity contribution is 9.10. The molecule has 72 valence electrons. The normalized spacial score (nSPS) is 10.8. The zero-order valence-electron chi connectivity index (χ0n) is 7.40. The van der Waals surface area contributed by atoms with Gasteiger partial charge in [0.05, 0.1) is 5.39 Å². The van der Waals surface area contributed by atoms with E-state index in [1.54, 1.807) is 19.1 Å². The summed E-state index contributed by atoms with van der Waals surface area (Å²) in [6.07, 6.45) is 0. The van der Waals surface area contributed by atoms with Gasteiger partial charge in [0.25, 0.3) is 5.56 Å². The summed E-state index contributed by atoms with van der Waals surface area (Å²) in [5, 5.41) is 0.719. The largest absolute Gasteiger partial charge is 0.326 e. The minimum absolute atomic E-state index is 0.264. The first kappa shape index (κ1) is 9.40. The van der Waals surface area contributed by atoms with Crippen LogP contribution >= 0.6 is 15.9 Å². The third-order valence-electron chi connectivity index (χ3n) is 2.01. The standard InChI is InChI=1S/C10H7BrFNO/c1-5-2-7-8(10(14)13-5)3-6(11)4-9(7)12/h2-4H,1H3,(H,13,14). The van der Waals surface area contributed by atoms with Gasteiger partial charge in [-0.25, -0.2) is 4.39 Å². The van der Waals surface area contributed by atoms with Gasteiger partial charge in [-0.2, -0.15) is 0 Å². The summed E-state index contributed by atoms with van der Waals surface area (Å²) in [7, 11) is 0. The van der Waals surface area contributed by atoms with Crippen LogP contribution in [-0.4, -0.2) is 4.98 Å². The summed E-state index contributed by atoms with van der Waals surface area (Å²) in [6.45, 7) is 1.72. The SMILES string of the molecule is Cc1cc2c(F)cc(Br)cc2c(=O)[nH]1. The minimum Gasteiger partial charge on any atom is -0.326 e. The highest BCUT2D eigenvalue weighted by Gasteiger charge is 2.06. The van der Waals surface area contributed by atoms with Crippen LogP contribution in [0.1, 0.15) is 5.69 Å². The maximum Gasteiger partial charge on any atom is 0.256 e. The van der Waals surface area contributed by atoms with Gasteiger partial charge in [-0.15, -0.1) is 0 Å². The van der Waals surface area contributed by atoms with Crippen LogP contribution in [-0.2, 0) is 0 Å². The van der Waals surface area contributed by atoms with Crippen molar-refractivity contribution in [3.8, 4) is 0 Å². The summed E-state index contributed by atoms with van der Waals surface area (Å²) in [4.78, 5) is 14.1. The predicted molar refractivity (Wildman–Crippen MR) is 57.0 cm³/mol. The Balaban J connectivity index is 3.02. The number of hydrogen-bond donors (Lipinski definition) is 1. The second-order valence-corrected chi connectivity index (χ2v) is 4.05. The highest BCUT2D eigenvalue weighted by atomic mass is 79.9. The van der Waals surface area contributed by atoms with E-state index in [0.717, 1.165) is 0 Å². The van der Waals surface area contributed by atoms with E-state index in [9.17, 15) is 9.18 Å². The first-order valence-corrected chi connectivity index (χ1v) is 4.86. The topological polar surface area (TPSA) is 32.9 Å². The summed E-state index contributed by atoms with van der Waals surface area (Å²) in [6, 6.07) is 4.58. The van der Waals surface area contributed by atoms with Gasteiger partial charge in [0.2, 0.25) is 0 Å². The Hall–Kier alpha value is -1.16. The Morgan fingerprint density at radius 2 is 2.00 bits per heavy atom. The maximum absolute atomic E-state index is 13.4. The zero-order valence-corrected chi connectivity index (χ0v) is 8.98. The summed E-state index contributed by atoms with van der Waals surface area (Å²) >= 11 is 3.14. The maximum atomic E-state index is 13.4. The number of aryl methyl sites for hydroxylation is 1. The van der Waals surface area contributed by atoms with E-state index in [1.165, 1.54) is 6.07 Å². The van der Waals surface area contributed by atoms with Gasteiger partial charge in [-0.3, -0.25) is 4.79 Å². The molecular formula is C10H7BrFNO. The number of halogens is 2. The number of fused-ring (bicyclic) bond motifs is 1. The van der Waals surface area contributed by atoms with E-state index < -0.39 is 0 Å². The zero-order chi connectivity index (χ0) is 10.3. The van der Waals surface area contributed by atoms with Crippen molar-refractivity contribution in [1.82, 2.24) is 4.98 Å². The highest BCUT2D eigenvalue weighted by Crippen LogP contribution is 2.20. The molecule has 0 aliphatic rings. The first-order chi connectivity index (χ1) is 6.58. The number of rotatable bonds is 0. The van der Waals surface area contributed by atoms with Crippen molar-refractivity contribution >= 4 is 26.7 Å². The van der Waals surface area contributed by atoms with Crippen molar-refractivity contribution in [2.75, 3.05) is 0 Å². The third-order valence-corrected chi connectivity index (χ3v) is 2.47. The van der Waals surface area contributed by atoms with Crippen molar-refractivity contribution in [2.45, 2.75) is 6.92 Å². The number of hydrogen-bond acceptors (Lipinski definition) is 1. The average Bonchev–Trinajstić information content (AvgIpc) is 2.07. The van der Waals surface area contributed by atoms with Crippen LogP contribution in [0.15, 0.2) is 27.5 Å². The molecule has 14 heavy (non-hydrogen) atoms. The molecule has 0 aliphatic heterocycles. The molecule has 0 fully saturated rings. The molecule has 2 nitrogen and oxygen atoms in total. The van der Waals surface area contributed by atoms with Gasteiger partial charge < -0.3 is 4.98 Å². The smallest absolute Gasteiger partial charge is 0.256 e. The number of benzene rings is 1. The van der Waals surface area contributed by atoms with Gasteiger partial charge in [-0.1, -0.05) is 15.9 Å². The van der Waals surface area contributed by atoms with Crippen LogP contribution < -0.4 is 5.56 Å². The molecule has 1 aromatic carbocycles. The van der Waals surface area contributed by atoms with E-state index >= 15 is 0 Å². The van der Waals surface area contributed by atoms with Crippen molar-refractivity contribution in [2.24, 2.45) is 0 Å². The molecule has 0 radical (unpaired) electrons. The molecule has 0 spiro atoms. The fourth-order valence-electron chi connectivity index (χ4n) is 1.42. The number of aromatic nitrogens is 1. The van der Waals surface area contributed by atoms with Crippen molar-refractivity contribution in [3.05, 3.63) is 44.5 Å². The van der Waals surface area contributed by atoms with Crippen LogP contribution in [0.3, 0.4) is 0 Å². The lowest BCUT2D eigenvalue weighted by Crippen LogP contribution is -2.07. The molecule has 0 amide bonds. The lowest BCUT2D eigenvalue weighted by molar-refractivity contribution is 0.638. The van der Waals surface area contributed by atoms with Gasteiger partial charge in [0.15, 0.2) is 0 Å². The number of nitrogens with one attached hydrogen (secondary N) is 1. The average molecular weight is 256 g/mol. The van der Waals surface area contributed by atoms with Crippen LogP contribution in [0.4, 0.5) is 4.39 Å². The summed E-state index contributed by atoms with van der Waals surface area (Å²) < 4.78 is 14.0. The van der Waals surface area contributed by atoms with Gasteiger partial charge in [0.1, 0.15) is 5.82 Å². The molecule has 0 saturated carbocycles. The van der Waals surface area contributed by atoms with Crippen molar-refractivity contribution in [1.29, 1.82) is 0 Å². The Kier molecular flexibility index (Phi) is 2.15. The monoisotopic (exact) mass is 255 g/mol. The third kappa shape index (κ3) is 1.46. The molecule has 0 atom stereocenters. The van der Waals surface area contributed by atoms with Crippen LogP contribution in [0.2, 0.25) is 0 Å². The first-order valence-electron chi connectivity index (χ1n) is 4.06. The van der Waals surface area contributed by atoms with Gasteiger partial charge in [-0.05, 0) is 25.1 Å². The Morgan fingerprint density at radius 1 is 1.29 bits per heavy atom. The molecule has 0 aliphatic carbocycles. The van der Waals surface area contributed by atoms with E-state index in [-0.39, 0.29) is 11.4 Å². The molecule has 0 saturated heterocycles. The molecule has 1 aromatic heterocycles. The molecule has 2 rings (SSSR count). The van der Waals surface area contributed by atoms with E-state index in [2.05, 4.69) is 20.9 Å². The second kappa shape index (κ2) is 3.20. The molecule has 1 N–H and O–H groups in total. The fourth-order valence-corrected chi connectivity index (χ4v) is 1.85. The molecule has 1 heterocycles. The Labute approximate surface area is 87.9 Å². The quantitative estimate of drug-likeness (QED) is 0.772. The van der Waals surface area contributed by atoms with Gasteiger partial charge >= 0.3 is 0 Å². The molecular weight excluding hydrogens is 249 g/mol. The number of aromatic amines is 1. The molecule has 4 heteroatoms. The number of H-pyrrole nitrogens is 1. The molecule has 0 bridgehead atoms. The lowest BCUT2D eigenvalue weighted by Gasteiger charge is -2.01. The lowest BCUT2D eigenvalue weighted by atomic mass is 10.1. The van der Waals surface area contributed by atoms with Gasteiger partial charge in [0, 0.05) is 15.6 Å². The minimum atomic E-state index is -0.386. The molecule has 2 aromatic rings. The van der Waals surface area contributed by atoms with Crippen LogP contribution in [0.5, 0.6) is 0 Å². The van der Waals surface area contributed by atoms with Crippen molar-refractivity contribution in [3.63, 3.8) is 0 Å². The Bertz CT molecular complexity index is 562. The summed E-state index contributed by atoms with van der Waals surface area (Å²) in [5.41, 5.74) is 0.393.